The van der Waals surface area contributed by atoms with Gasteiger partial charge in [0.05, 0.1) is 12.2 Å². The van der Waals surface area contributed by atoms with E-state index >= 15 is 0 Å². The Labute approximate surface area is 166 Å². The average Bonchev–Trinajstić information content (AvgIpc) is 2.65. The molecule has 1 N–H and O–H groups in total. The van der Waals surface area contributed by atoms with Crippen LogP contribution in [-0.4, -0.2) is 42.4 Å². The average molecular weight is 386 g/mol. The fourth-order valence-electron chi connectivity index (χ4n) is 3.45. The molecule has 0 saturated heterocycles. The summed E-state index contributed by atoms with van der Waals surface area (Å²) >= 11 is 0. The molecule has 6 heteroatoms. The molecule has 0 bridgehead atoms. The first kappa shape index (κ1) is 21.7. The van der Waals surface area contributed by atoms with Crippen LogP contribution < -0.4 is 5.32 Å². The van der Waals surface area contributed by atoms with E-state index in [-0.39, 0.29) is 37.3 Å². The Hall–Kier alpha value is -2.63. The first-order valence-electron chi connectivity index (χ1n) is 9.90. The normalized spacial score (nSPS) is 16.9. The van der Waals surface area contributed by atoms with E-state index in [1.54, 1.807) is 13.8 Å². The Morgan fingerprint density at radius 1 is 1.25 bits per heavy atom. The van der Waals surface area contributed by atoms with Crippen LogP contribution in [0.1, 0.15) is 57.1 Å². The fourth-order valence-corrected chi connectivity index (χ4v) is 3.45. The molecule has 0 fully saturated rings. The summed E-state index contributed by atoms with van der Waals surface area (Å²) in [6.45, 7) is 8.23. The maximum atomic E-state index is 12.8. The number of carbonyl (C=O) groups excluding carboxylic acids is 3. The highest BCUT2D eigenvalue weighted by Gasteiger charge is 2.37. The van der Waals surface area contributed by atoms with E-state index in [2.05, 4.69) is 5.32 Å². The number of amides is 2. The number of hydrogen-bond acceptors (Lipinski definition) is 4. The molecule has 0 radical (unpaired) electrons. The van der Waals surface area contributed by atoms with Gasteiger partial charge in [-0.25, -0.2) is 4.79 Å². The highest BCUT2D eigenvalue weighted by atomic mass is 16.5. The van der Waals surface area contributed by atoms with Crippen LogP contribution >= 0.6 is 0 Å². The second-order valence-electron chi connectivity index (χ2n) is 7.07. The molecule has 28 heavy (non-hydrogen) atoms. The van der Waals surface area contributed by atoms with Crippen molar-refractivity contribution < 1.29 is 19.1 Å². The van der Waals surface area contributed by atoms with Crippen LogP contribution in [0.2, 0.25) is 0 Å². The highest BCUT2D eigenvalue weighted by molar-refractivity contribution is 5.97. The second kappa shape index (κ2) is 10.1. The minimum Gasteiger partial charge on any atom is -0.463 e. The predicted molar refractivity (Wildman–Crippen MR) is 108 cm³/mol. The van der Waals surface area contributed by atoms with Gasteiger partial charge in [0, 0.05) is 24.6 Å². The van der Waals surface area contributed by atoms with Gasteiger partial charge in [0.15, 0.2) is 0 Å². The molecule has 1 aromatic rings. The fraction of sp³-hybridized carbons (Fsp3) is 0.500. The molecular weight excluding hydrogens is 356 g/mol. The Kier molecular flexibility index (Phi) is 7.79. The minimum atomic E-state index is -0.435. The van der Waals surface area contributed by atoms with Gasteiger partial charge in [-0.05, 0) is 32.8 Å². The minimum absolute atomic E-state index is 0.0855. The Bertz CT molecular complexity index is 770. The molecule has 6 nitrogen and oxygen atoms in total. The Morgan fingerprint density at radius 2 is 2.00 bits per heavy atom. The molecule has 0 saturated carbocycles. The van der Waals surface area contributed by atoms with Crippen molar-refractivity contribution in [3.05, 3.63) is 46.7 Å². The highest BCUT2D eigenvalue weighted by Crippen LogP contribution is 2.37. The number of carbonyl (C=O) groups is 3. The monoisotopic (exact) mass is 386 g/mol. The van der Waals surface area contributed by atoms with Crippen LogP contribution in [0.4, 0.5) is 0 Å². The van der Waals surface area contributed by atoms with Gasteiger partial charge < -0.3 is 15.0 Å². The Morgan fingerprint density at radius 3 is 2.64 bits per heavy atom. The molecule has 1 aliphatic heterocycles. The number of nitrogens with zero attached hydrogens (tertiary/aromatic N) is 1. The van der Waals surface area contributed by atoms with Gasteiger partial charge in [-0.15, -0.1) is 0 Å². The van der Waals surface area contributed by atoms with Gasteiger partial charge in [-0.1, -0.05) is 43.2 Å². The predicted octanol–water partition coefficient (Wildman–Crippen LogP) is 3.06. The molecule has 0 aliphatic carbocycles. The number of aryl methyl sites for hydroxylation is 1. The van der Waals surface area contributed by atoms with Gasteiger partial charge in [-0.3, -0.25) is 9.59 Å². The van der Waals surface area contributed by atoms with Crippen LogP contribution in [0.5, 0.6) is 0 Å². The molecule has 2 rings (SSSR count). The maximum absolute atomic E-state index is 12.8. The van der Waals surface area contributed by atoms with E-state index in [1.807, 2.05) is 38.1 Å². The third kappa shape index (κ3) is 5.21. The van der Waals surface area contributed by atoms with Crippen LogP contribution in [-0.2, 0) is 19.1 Å². The molecule has 1 aromatic carbocycles. The molecule has 0 aromatic heterocycles. The van der Waals surface area contributed by atoms with Gasteiger partial charge in [0.2, 0.25) is 11.8 Å². The van der Waals surface area contributed by atoms with Crippen molar-refractivity contribution in [1.82, 2.24) is 10.2 Å². The lowest BCUT2D eigenvalue weighted by Gasteiger charge is -2.34. The number of unbranched alkanes of at least 4 members (excludes halogenated alkanes) is 1. The third-order valence-corrected chi connectivity index (χ3v) is 4.92. The molecule has 1 aliphatic rings. The van der Waals surface area contributed by atoms with E-state index in [9.17, 15) is 14.4 Å². The van der Waals surface area contributed by atoms with Gasteiger partial charge >= 0.3 is 5.97 Å². The number of esters is 1. The van der Waals surface area contributed by atoms with Crippen molar-refractivity contribution >= 4 is 17.8 Å². The van der Waals surface area contributed by atoms with Gasteiger partial charge in [0.25, 0.3) is 0 Å². The van der Waals surface area contributed by atoms with Crippen molar-refractivity contribution in [2.24, 2.45) is 0 Å². The molecule has 1 heterocycles. The lowest BCUT2D eigenvalue weighted by molar-refractivity contribution is -0.141. The summed E-state index contributed by atoms with van der Waals surface area (Å²) in [6.07, 6.45) is 2.00. The standard InChI is InChI=1S/C22H30N2O4/c1-5-7-11-23-19(25)14-24-16(4)21(22(27)28-6-2)18(13-20(24)26)17-10-8-9-15(3)12-17/h8-10,12,18H,5-7,11,13-14H2,1-4H3,(H,23,25)/t18-/m0/s1. The molecule has 0 unspecified atom stereocenters. The number of rotatable bonds is 8. The van der Waals surface area contributed by atoms with E-state index in [0.717, 1.165) is 24.0 Å². The van der Waals surface area contributed by atoms with Crippen molar-refractivity contribution in [3.63, 3.8) is 0 Å². The zero-order valence-electron chi connectivity index (χ0n) is 17.2. The summed E-state index contributed by atoms with van der Waals surface area (Å²) in [5.41, 5.74) is 2.91. The SMILES string of the molecule is CCCCNC(=O)CN1C(=O)C[C@@H](c2cccc(C)c2)C(C(=O)OCC)=C1C. The number of hydrogen-bond donors (Lipinski definition) is 1. The van der Waals surface area contributed by atoms with Crippen molar-refractivity contribution in [2.75, 3.05) is 19.7 Å². The number of allylic oxidation sites excluding steroid dienone is 1. The van der Waals surface area contributed by atoms with Gasteiger partial charge in [0.1, 0.15) is 6.54 Å². The summed E-state index contributed by atoms with van der Waals surface area (Å²) in [5, 5.41) is 2.82. The lowest BCUT2D eigenvalue weighted by atomic mass is 9.83. The number of nitrogens with one attached hydrogen (secondary N) is 1. The number of ether oxygens (including phenoxy) is 1. The van der Waals surface area contributed by atoms with Crippen LogP contribution in [0.25, 0.3) is 0 Å². The zero-order chi connectivity index (χ0) is 20.7. The first-order chi connectivity index (χ1) is 13.4. The van der Waals surface area contributed by atoms with E-state index in [4.69, 9.17) is 4.74 Å². The van der Waals surface area contributed by atoms with Crippen LogP contribution in [0.15, 0.2) is 35.5 Å². The van der Waals surface area contributed by atoms with Crippen molar-refractivity contribution in [2.45, 2.75) is 52.9 Å². The molecular formula is C22H30N2O4. The zero-order valence-corrected chi connectivity index (χ0v) is 17.2. The van der Waals surface area contributed by atoms with Crippen LogP contribution in [0.3, 0.4) is 0 Å². The molecule has 0 spiro atoms. The summed E-state index contributed by atoms with van der Waals surface area (Å²) in [4.78, 5) is 39.2. The smallest absolute Gasteiger partial charge is 0.336 e. The second-order valence-corrected chi connectivity index (χ2v) is 7.07. The van der Waals surface area contributed by atoms with Crippen LogP contribution in [0, 0.1) is 6.92 Å². The summed E-state index contributed by atoms with van der Waals surface area (Å²) in [7, 11) is 0. The topological polar surface area (TPSA) is 75.7 Å². The largest absolute Gasteiger partial charge is 0.463 e. The van der Waals surface area contributed by atoms with Crippen molar-refractivity contribution in [3.8, 4) is 0 Å². The van der Waals surface area contributed by atoms with E-state index in [0.29, 0.717) is 17.8 Å². The third-order valence-electron chi connectivity index (χ3n) is 4.92. The molecule has 1 atom stereocenters. The number of benzene rings is 1. The van der Waals surface area contributed by atoms with Crippen molar-refractivity contribution in [1.29, 1.82) is 0 Å². The lowest BCUT2D eigenvalue weighted by Crippen LogP contribution is -2.44. The van der Waals surface area contributed by atoms with E-state index in [1.165, 1.54) is 4.90 Å². The molecule has 2 amide bonds. The molecule has 152 valence electrons. The maximum Gasteiger partial charge on any atom is 0.336 e. The Balaban J connectivity index is 2.35. The first-order valence-corrected chi connectivity index (χ1v) is 9.90. The summed E-state index contributed by atoms with van der Waals surface area (Å²) in [5.74, 6) is -1.19. The quantitative estimate of drug-likeness (QED) is 0.550. The summed E-state index contributed by atoms with van der Waals surface area (Å²) in [6, 6.07) is 7.80. The van der Waals surface area contributed by atoms with Gasteiger partial charge in [-0.2, -0.15) is 0 Å². The van der Waals surface area contributed by atoms with E-state index < -0.39 is 5.97 Å². The summed E-state index contributed by atoms with van der Waals surface area (Å²) < 4.78 is 5.27.